The lowest BCUT2D eigenvalue weighted by Crippen LogP contribution is -2.15. The molecule has 0 saturated carbocycles. The van der Waals surface area contributed by atoms with Crippen molar-refractivity contribution in [3.63, 3.8) is 0 Å². The van der Waals surface area contributed by atoms with E-state index in [1.165, 1.54) is 0 Å². The number of carbonyl (C=O) groups is 1. The quantitative estimate of drug-likeness (QED) is 0.418. The molecule has 4 nitrogen and oxygen atoms in total. The highest BCUT2D eigenvalue weighted by Gasteiger charge is 2.12. The molecule has 0 atom stereocenters. The number of esters is 1. The van der Waals surface area contributed by atoms with Crippen molar-refractivity contribution in [1.29, 1.82) is 0 Å². The van der Waals surface area contributed by atoms with E-state index in [0.29, 0.717) is 30.5 Å². The number of fused-ring (bicyclic) bond motifs is 1. The Morgan fingerprint density at radius 2 is 2.07 bits per heavy atom. The predicted octanol–water partition coefficient (Wildman–Crippen LogP) is 1.55. The van der Waals surface area contributed by atoms with Gasteiger partial charge >= 0.3 is 5.97 Å². The SMILES string of the molecule is C=CC(=O)Oc1ccc2c(c1)OCCO2. The lowest BCUT2D eigenvalue weighted by atomic mass is 10.3. The van der Waals surface area contributed by atoms with Crippen LogP contribution in [0.2, 0.25) is 0 Å². The smallest absolute Gasteiger partial charge is 0.335 e. The van der Waals surface area contributed by atoms with E-state index in [0.717, 1.165) is 6.08 Å². The molecule has 1 heterocycles. The minimum Gasteiger partial charge on any atom is -0.486 e. The number of carbonyl (C=O) groups excluding carboxylic acids is 1. The number of rotatable bonds is 2. The summed E-state index contributed by atoms with van der Waals surface area (Å²) in [7, 11) is 0. The summed E-state index contributed by atoms with van der Waals surface area (Å²) in [5, 5.41) is 0. The third-order valence-corrected chi connectivity index (χ3v) is 1.90. The van der Waals surface area contributed by atoms with Crippen LogP contribution in [-0.2, 0) is 4.79 Å². The Morgan fingerprint density at radius 3 is 2.80 bits per heavy atom. The first-order valence-electron chi connectivity index (χ1n) is 4.53. The number of hydrogen-bond acceptors (Lipinski definition) is 4. The second kappa shape index (κ2) is 4.04. The lowest BCUT2D eigenvalue weighted by molar-refractivity contribution is -0.128. The molecule has 4 heteroatoms. The average Bonchev–Trinajstić information content (AvgIpc) is 2.29. The van der Waals surface area contributed by atoms with Gasteiger partial charge in [-0.15, -0.1) is 0 Å². The first kappa shape index (κ1) is 9.58. The average molecular weight is 206 g/mol. The van der Waals surface area contributed by atoms with E-state index in [9.17, 15) is 4.79 Å². The van der Waals surface area contributed by atoms with Crippen LogP contribution in [0.25, 0.3) is 0 Å². The molecule has 1 aromatic rings. The molecule has 1 aliphatic heterocycles. The molecule has 0 aromatic heterocycles. The Balaban J connectivity index is 2.20. The molecule has 0 radical (unpaired) electrons. The molecule has 15 heavy (non-hydrogen) atoms. The number of benzene rings is 1. The zero-order valence-corrected chi connectivity index (χ0v) is 8.06. The first-order valence-corrected chi connectivity index (χ1v) is 4.53. The minimum absolute atomic E-state index is 0.421. The van der Waals surface area contributed by atoms with Crippen molar-refractivity contribution in [1.82, 2.24) is 0 Å². The highest BCUT2D eigenvalue weighted by Crippen LogP contribution is 2.33. The summed E-state index contributed by atoms with van der Waals surface area (Å²) in [6.45, 7) is 4.36. The lowest BCUT2D eigenvalue weighted by Gasteiger charge is -2.18. The molecule has 0 aliphatic carbocycles. The third-order valence-electron chi connectivity index (χ3n) is 1.90. The molecule has 2 rings (SSSR count). The van der Waals surface area contributed by atoms with Crippen LogP contribution in [0.15, 0.2) is 30.9 Å². The molecule has 0 amide bonds. The van der Waals surface area contributed by atoms with Crippen molar-refractivity contribution in [2.24, 2.45) is 0 Å². The summed E-state index contributed by atoms with van der Waals surface area (Å²) in [5.41, 5.74) is 0. The predicted molar refractivity (Wildman–Crippen MR) is 53.3 cm³/mol. The van der Waals surface area contributed by atoms with Crippen molar-refractivity contribution < 1.29 is 19.0 Å². The van der Waals surface area contributed by atoms with E-state index in [1.807, 2.05) is 0 Å². The van der Waals surface area contributed by atoms with Gasteiger partial charge in [-0.1, -0.05) is 6.58 Å². The molecule has 1 aromatic carbocycles. The zero-order chi connectivity index (χ0) is 10.7. The van der Waals surface area contributed by atoms with Gasteiger partial charge in [0, 0.05) is 12.1 Å². The second-order valence-electron chi connectivity index (χ2n) is 2.93. The van der Waals surface area contributed by atoms with Gasteiger partial charge in [0.05, 0.1) is 0 Å². The van der Waals surface area contributed by atoms with Gasteiger partial charge in [0.15, 0.2) is 11.5 Å². The number of ether oxygens (including phenoxy) is 3. The fourth-order valence-electron chi connectivity index (χ4n) is 1.24. The van der Waals surface area contributed by atoms with Crippen LogP contribution in [0.1, 0.15) is 0 Å². The van der Waals surface area contributed by atoms with Gasteiger partial charge in [0.1, 0.15) is 19.0 Å². The van der Waals surface area contributed by atoms with Gasteiger partial charge in [-0.25, -0.2) is 4.79 Å². The maximum Gasteiger partial charge on any atom is 0.335 e. The third kappa shape index (κ3) is 2.10. The topological polar surface area (TPSA) is 44.8 Å². The summed E-state index contributed by atoms with van der Waals surface area (Å²) in [6, 6.07) is 4.98. The Labute approximate surface area is 87.1 Å². The van der Waals surface area contributed by atoms with Crippen LogP contribution < -0.4 is 14.2 Å². The van der Waals surface area contributed by atoms with Crippen LogP contribution in [0, 0.1) is 0 Å². The van der Waals surface area contributed by atoms with E-state index < -0.39 is 5.97 Å². The van der Waals surface area contributed by atoms with Crippen molar-refractivity contribution in [3.8, 4) is 17.2 Å². The molecule has 0 spiro atoms. The van der Waals surface area contributed by atoms with Crippen molar-refractivity contribution >= 4 is 5.97 Å². The highest BCUT2D eigenvalue weighted by molar-refractivity contribution is 5.83. The van der Waals surface area contributed by atoms with E-state index >= 15 is 0 Å². The van der Waals surface area contributed by atoms with E-state index in [2.05, 4.69) is 6.58 Å². The fraction of sp³-hybridized carbons (Fsp3) is 0.182. The van der Waals surface area contributed by atoms with Crippen molar-refractivity contribution in [3.05, 3.63) is 30.9 Å². The Hall–Kier alpha value is -1.97. The van der Waals surface area contributed by atoms with Gasteiger partial charge in [-0.3, -0.25) is 0 Å². The van der Waals surface area contributed by atoms with Gasteiger partial charge in [0.2, 0.25) is 0 Å². The maximum atomic E-state index is 10.9. The van der Waals surface area contributed by atoms with Crippen LogP contribution in [-0.4, -0.2) is 19.2 Å². The van der Waals surface area contributed by atoms with Gasteiger partial charge in [-0.2, -0.15) is 0 Å². The van der Waals surface area contributed by atoms with Crippen LogP contribution in [0.5, 0.6) is 17.2 Å². The highest BCUT2D eigenvalue weighted by atomic mass is 16.6. The van der Waals surface area contributed by atoms with Crippen LogP contribution in [0.4, 0.5) is 0 Å². The first-order chi connectivity index (χ1) is 7.29. The molecule has 0 N–H and O–H groups in total. The van der Waals surface area contributed by atoms with Gasteiger partial charge < -0.3 is 14.2 Å². The monoisotopic (exact) mass is 206 g/mol. The largest absolute Gasteiger partial charge is 0.486 e. The standard InChI is InChI=1S/C11H10O4/c1-2-11(12)15-8-3-4-9-10(7-8)14-6-5-13-9/h2-4,7H,1,5-6H2. The number of hydrogen-bond donors (Lipinski definition) is 0. The molecule has 1 aliphatic rings. The van der Waals surface area contributed by atoms with Gasteiger partial charge in [-0.05, 0) is 12.1 Å². The molecule has 0 saturated heterocycles. The molecule has 0 unspecified atom stereocenters. The molecule has 0 bridgehead atoms. The Morgan fingerprint density at radius 1 is 1.33 bits per heavy atom. The molecule has 78 valence electrons. The van der Waals surface area contributed by atoms with Crippen molar-refractivity contribution in [2.75, 3.05) is 13.2 Å². The van der Waals surface area contributed by atoms with Crippen LogP contribution in [0.3, 0.4) is 0 Å². The Bertz CT molecular complexity index is 398. The summed E-state index contributed by atoms with van der Waals surface area (Å²) in [4.78, 5) is 10.9. The van der Waals surface area contributed by atoms with Crippen molar-refractivity contribution in [2.45, 2.75) is 0 Å². The Kier molecular flexibility index (Phi) is 2.58. The fourth-order valence-corrected chi connectivity index (χ4v) is 1.24. The summed E-state index contributed by atoms with van der Waals surface area (Å²) in [5.74, 6) is 1.19. The van der Waals surface area contributed by atoms with E-state index in [4.69, 9.17) is 14.2 Å². The normalized spacial score (nSPS) is 13.1. The van der Waals surface area contributed by atoms with Crippen LogP contribution >= 0.6 is 0 Å². The molecule has 0 fully saturated rings. The molecular weight excluding hydrogens is 196 g/mol. The summed E-state index contributed by atoms with van der Waals surface area (Å²) >= 11 is 0. The minimum atomic E-state index is -0.494. The molecular formula is C11H10O4. The zero-order valence-electron chi connectivity index (χ0n) is 8.06. The van der Waals surface area contributed by atoms with E-state index in [-0.39, 0.29) is 0 Å². The summed E-state index contributed by atoms with van der Waals surface area (Å²) in [6.07, 6.45) is 1.11. The summed E-state index contributed by atoms with van der Waals surface area (Å²) < 4.78 is 15.6. The van der Waals surface area contributed by atoms with E-state index in [1.54, 1.807) is 18.2 Å². The van der Waals surface area contributed by atoms with Gasteiger partial charge in [0.25, 0.3) is 0 Å². The maximum absolute atomic E-state index is 10.9. The second-order valence-corrected chi connectivity index (χ2v) is 2.93.